The van der Waals surface area contributed by atoms with Crippen molar-refractivity contribution < 1.29 is 27.9 Å². The van der Waals surface area contributed by atoms with Crippen LogP contribution in [-0.2, 0) is 15.1 Å². The van der Waals surface area contributed by atoms with Crippen molar-refractivity contribution in [2.24, 2.45) is 0 Å². The fourth-order valence-corrected chi connectivity index (χ4v) is 2.65. The van der Waals surface area contributed by atoms with Gasteiger partial charge in [0.15, 0.2) is 0 Å². The first-order valence-electron chi connectivity index (χ1n) is 8.49. The van der Waals surface area contributed by atoms with Crippen LogP contribution in [-0.4, -0.2) is 41.4 Å². The molecule has 0 bridgehead atoms. The van der Waals surface area contributed by atoms with Crippen LogP contribution in [0.2, 0.25) is 0 Å². The zero-order valence-electron chi connectivity index (χ0n) is 15.6. The number of carbonyl (C=O) groups is 3. The quantitative estimate of drug-likeness (QED) is 0.708. The molecular weight excluding hydrogens is 360 g/mol. The summed E-state index contributed by atoms with van der Waals surface area (Å²) in [7, 11) is 0. The first-order valence-corrected chi connectivity index (χ1v) is 8.49. The van der Waals surface area contributed by atoms with E-state index in [1.807, 2.05) is 20.8 Å². The maximum Gasteiger partial charge on any atom is 0.387 e. The molecule has 27 heavy (non-hydrogen) atoms. The smallest absolute Gasteiger partial charge is 0.387 e. The fraction of sp³-hybridized carbons (Fsp3) is 0.500. The summed E-state index contributed by atoms with van der Waals surface area (Å²) in [6, 6.07) is 4.70. The summed E-state index contributed by atoms with van der Waals surface area (Å²) in [4.78, 5) is 38.1. The van der Waals surface area contributed by atoms with Crippen LogP contribution in [0.5, 0.6) is 5.75 Å². The number of imide groups is 1. The highest BCUT2D eigenvalue weighted by molar-refractivity contribution is 6.09. The number of carbonyl (C=O) groups excluding carboxylic acids is 3. The molecule has 1 aromatic carbocycles. The zero-order chi connectivity index (χ0) is 20.4. The van der Waals surface area contributed by atoms with Gasteiger partial charge in [-0.3, -0.25) is 14.5 Å². The predicted molar refractivity (Wildman–Crippen MR) is 93.2 cm³/mol. The summed E-state index contributed by atoms with van der Waals surface area (Å²) in [5, 5.41) is 5.32. The van der Waals surface area contributed by atoms with Crippen molar-refractivity contribution in [3.63, 3.8) is 0 Å². The second kappa shape index (κ2) is 7.50. The summed E-state index contributed by atoms with van der Waals surface area (Å²) >= 11 is 0. The van der Waals surface area contributed by atoms with Gasteiger partial charge in [0.2, 0.25) is 5.91 Å². The number of alkyl halides is 2. The van der Waals surface area contributed by atoms with Crippen LogP contribution < -0.4 is 15.4 Å². The number of hydrogen-bond donors (Lipinski definition) is 2. The van der Waals surface area contributed by atoms with Gasteiger partial charge < -0.3 is 15.4 Å². The Labute approximate surface area is 156 Å². The van der Waals surface area contributed by atoms with Gasteiger partial charge in [0.05, 0.1) is 0 Å². The van der Waals surface area contributed by atoms with Crippen molar-refractivity contribution in [2.45, 2.75) is 51.8 Å². The minimum absolute atomic E-state index is 0.0628. The van der Waals surface area contributed by atoms with Gasteiger partial charge in [-0.15, -0.1) is 0 Å². The third-order valence-electron chi connectivity index (χ3n) is 4.60. The van der Waals surface area contributed by atoms with Crippen molar-refractivity contribution in [3.05, 3.63) is 29.8 Å². The van der Waals surface area contributed by atoms with E-state index in [-0.39, 0.29) is 5.75 Å². The Hall–Kier alpha value is -2.71. The standard InChI is InChI=1S/C18H23F2N3O4/c1-5-17(2,3)21-13(24)10-23-14(25)18(4,22-16(23)26)11-6-8-12(9-7-11)27-15(19)20/h6-9,15H,5,10H2,1-4H3,(H,21,24)(H,22,26)/t18-/m1/s1. The van der Waals surface area contributed by atoms with E-state index in [1.165, 1.54) is 31.2 Å². The van der Waals surface area contributed by atoms with E-state index in [0.717, 1.165) is 4.90 Å². The predicted octanol–water partition coefficient (Wildman–Crippen LogP) is 2.36. The van der Waals surface area contributed by atoms with Crippen molar-refractivity contribution in [1.82, 2.24) is 15.5 Å². The van der Waals surface area contributed by atoms with Crippen LogP contribution in [0, 0.1) is 0 Å². The monoisotopic (exact) mass is 383 g/mol. The van der Waals surface area contributed by atoms with Gasteiger partial charge in [-0.25, -0.2) is 4.79 Å². The molecule has 0 saturated carbocycles. The number of amides is 4. The lowest BCUT2D eigenvalue weighted by atomic mass is 9.92. The summed E-state index contributed by atoms with van der Waals surface area (Å²) in [5.74, 6) is -1.11. The van der Waals surface area contributed by atoms with Gasteiger partial charge in [0.25, 0.3) is 5.91 Å². The Morgan fingerprint density at radius 2 is 1.89 bits per heavy atom. The highest BCUT2D eigenvalue weighted by Crippen LogP contribution is 2.30. The lowest BCUT2D eigenvalue weighted by Gasteiger charge is -2.26. The molecule has 1 aromatic rings. The van der Waals surface area contributed by atoms with E-state index in [0.29, 0.717) is 12.0 Å². The number of ether oxygens (including phenoxy) is 1. The van der Waals surface area contributed by atoms with E-state index in [9.17, 15) is 23.2 Å². The molecule has 148 valence electrons. The molecule has 1 atom stereocenters. The number of hydrogen-bond acceptors (Lipinski definition) is 4. The maximum atomic E-state index is 12.8. The molecule has 2 N–H and O–H groups in total. The first-order chi connectivity index (χ1) is 12.5. The second-order valence-corrected chi connectivity index (χ2v) is 7.13. The fourth-order valence-electron chi connectivity index (χ4n) is 2.65. The van der Waals surface area contributed by atoms with E-state index in [4.69, 9.17) is 0 Å². The van der Waals surface area contributed by atoms with Crippen molar-refractivity contribution in [2.75, 3.05) is 6.54 Å². The van der Waals surface area contributed by atoms with Gasteiger partial charge in [0, 0.05) is 5.54 Å². The van der Waals surface area contributed by atoms with Gasteiger partial charge in [-0.2, -0.15) is 8.78 Å². The largest absolute Gasteiger partial charge is 0.435 e. The highest BCUT2D eigenvalue weighted by atomic mass is 19.3. The molecule has 1 aliphatic rings. The molecule has 9 heteroatoms. The molecular formula is C18H23F2N3O4. The summed E-state index contributed by atoms with van der Waals surface area (Å²) < 4.78 is 28.8. The highest BCUT2D eigenvalue weighted by Gasteiger charge is 2.49. The lowest BCUT2D eigenvalue weighted by molar-refractivity contribution is -0.135. The molecule has 0 aliphatic carbocycles. The Morgan fingerprint density at radius 3 is 2.41 bits per heavy atom. The van der Waals surface area contributed by atoms with E-state index >= 15 is 0 Å². The molecule has 7 nitrogen and oxygen atoms in total. The minimum Gasteiger partial charge on any atom is -0.435 e. The number of halogens is 2. The van der Waals surface area contributed by atoms with Crippen LogP contribution in [0.25, 0.3) is 0 Å². The molecule has 0 aromatic heterocycles. The van der Waals surface area contributed by atoms with Crippen LogP contribution in [0.4, 0.5) is 13.6 Å². The van der Waals surface area contributed by atoms with Crippen LogP contribution in [0.1, 0.15) is 39.7 Å². The maximum absolute atomic E-state index is 12.8. The van der Waals surface area contributed by atoms with Crippen LogP contribution in [0.3, 0.4) is 0 Å². The number of nitrogens with zero attached hydrogens (tertiary/aromatic N) is 1. The molecule has 1 fully saturated rings. The molecule has 4 amide bonds. The molecule has 1 saturated heterocycles. The average Bonchev–Trinajstić information content (AvgIpc) is 2.78. The summed E-state index contributed by atoms with van der Waals surface area (Å²) in [6.45, 7) is 3.71. The molecule has 1 heterocycles. The van der Waals surface area contributed by atoms with Gasteiger partial charge >= 0.3 is 12.6 Å². The van der Waals surface area contributed by atoms with Gasteiger partial charge in [-0.1, -0.05) is 19.1 Å². The Morgan fingerprint density at radius 1 is 1.30 bits per heavy atom. The third-order valence-corrected chi connectivity index (χ3v) is 4.60. The van der Waals surface area contributed by atoms with Crippen molar-refractivity contribution in [3.8, 4) is 5.75 Å². The zero-order valence-corrected chi connectivity index (χ0v) is 15.6. The first kappa shape index (κ1) is 20.6. The van der Waals surface area contributed by atoms with Crippen LogP contribution in [0.15, 0.2) is 24.3 Å². The molecule has 0 unspecified atom stereocenters. The van der Waals surface area contributed by atoms with Crippen molar-refractivity contribution >= 4 is 17.8 Å². The minimum atomic E-state index is -2.96. The van der Waals surface area contributed by atoms with E-state index < -0.39 is 42.1 Å². The third kappa shape index (κ3) is 4.53. The Kier molecular flexibility index (Phi) is 5.72. The number of benzene rings is 1. The van der Waals surface area contributed by atoms with E-state index in [1.54, 1.807) is 0 Å². The van der Waals surface area contributed by atoms with Gasteiger partial charge in [0.1, 0.15) is 17.8 Å². The number of urea groups is 1. The number of rotatable bonds is 7. The Balaban J connectivity index is 2.15. The summed E-state index contributed by atoms with van der Waals surface area (Å²) in [5.41, 5.74) is -1.47. The average molecular weight is 383 g/mol. The molecule has 0 radical (unpaired) electrons. The second-order valence-electron chi connectivity index (χ2n) is 7.13. The normalized spacial score (nSPS) is 20.0. The number of nitrogens with one attached hydrogen (secondary N) is 2. The molecule has 2 rings (SSSR count). The van der Waals surface area contributed by atoms with Crippen LogP contribution >= 0.6 is 0 Å². The topological polar surface area (TPSA) is 87.7 Å². The molecule has 1 aliphatic heterocycles. The SMILES string of the molecule is CCC(C)(C)NC(=O)CN1C(=O)N[C@](C)(c2ccc(OC(F)F)cc2)C1=O. The molecule has 0 spiro atoms. The van der Waals surface area contributed by atoms with E-state index in [2.05, 4.69) is 15.4 Å². The summed E-state index contributed by atoms with van der Waals surface area (Å²) in [6.07, 6.45) is 0.684. The lowest BCUT2D eigenvalue weighted by Crippen LogP contribution is -2.49. The Bertz CT molecular complexity index is 737. The van der Waals surface area contributed by atoms with Gasteiger partial charge in [-0.05, 0) is 44.9 Å². The van der Waals surface area contributed by atoms with Crippen molar-refractivity contribution in [1.29, 1.82) is 0 Å².